The standard InChI is InChI=1S/C31H26ClFN2O4S/c1-4-38-30(37)27-19(3)34-31-35(28(27)21-12-8-18(2)9-13-21)29(36)26(40-31)16-20-10-14-22(15-11-20)39-17-23-24(32)6-5-7-25(23)33/h5-16,28H,4,17H2,1-3H3/b26-16+/t28-/m1/s1. The minimum absolute atomic E-state index is 0.00931. The summed E-state index contributed by atoms with van der Waals surface area (Å²) < 4.78 is 27.1. The van der Waals surface area contributed by atoms with Gasteiger partial charge in [-0.3, -0.25) is 9.36 Å². The Labute approximate surface area is 239 Å². The van der Waals surface area contributed by atoms with Crippen molar-refractivity contribution in [3.05, 3.63) is 131 Å². The normalized spacial score (nSPS) is 15.0. The van der Waals surface area contributed by atoms with Gasteiger partial charge in [0, 0.05) is 5.56 Å². The molecule has 0 bridgehead atoms. The van der Waals surface area contributed by atoms with E-state index in [9.17, 15) is 14.0 Å². The monoisotopic (exact) mass is 576 g/mol. The number of thiazole rings is 1. The van der Waals surface area contributed by atoms with Gasteiger partial charge in [-0.1, -0.05) is 71.0 Å². The van der Waals surface area contributed by atoms with Crippen molar-refractivity contribution in [1.29, 1.82) is 0 Å². The van der Waals surface area contributed by atoms with Crippen molar-refractivity contribution in [2.75, 3.05) is 6.61 Å². The van der Waals surface area contributed by atoms with Crippen LogP contribution in [0.3, 0.4) is 0 Å². The molecule has 0 amide bonds. The van der Waals surface area contributed by atoms with Crippen molar-refractivity contribution in [2.24, 2.45) is 4.99 Å². The number of carbonyl (C=O) groups is 1. The highest BCUT2D eigenvalue weighted by Gasteiger charge is 2.33. The van der Waals surface area contributed by atoms with Crippen LogP contribution in [0.4, 0.5) is 4.39 Å². The summed E-state index contributed by atoms with van der Waals surface area (Å²) in [5.41, 5.74) is 3.54. The second-order valence-corrected chi connectivity index (χ2v) is 10.7. The van der Waals surface area contributed by atoms with E-state index in [2.05, 4.69) is 4.99 Å². The van der Waals surface area contributed by atoms with Gasteiger partial charge in [-0.25, -0.2) is 14.2 Å². The summed E-state index contributed by atoms with van der Waals surface area (Å²) in [4.78, 5) is 31.8. The van der Waals surface area contributed by atoms with Crippen molar-refractivity contribution in [2.45, 2.75) is 33.4 Å². The molecule has 5 rings (SSSR count). The van der Waals surface area contributed by atoms with Gasteiger partial charge in [0.05, 0.1) is 33.5 Å². The van der Waals surface area contributed by atoms with Crippen LogP contribution in [0, 0.1) is 12.7 Å². The molecule has 0 aliphatic carbocycles. The number of benzene rings is 3. The Morgan fingerprint density at radius 2 is 1.82 bits per heavy atom. The number of hydrogen-bond donors (Lipinski definition) is 0. The first-order valence-corrected chi connectivity index (χ1v) is 13.9. The summed E-state index contributed by atoms with van der Waals surface area (Å²) in [6, 6.07) is 18.7. The molecule has 0 radical (unpaired) electrons. The molecular weight excluding hydrogens is 551 g/mol. The Morgan fingerprint density at radius 1 is 1.10 bits per heavy atom. The largest absolute Gasteiger partial charge is 0.489 e. The van der Waals surface area contributed by atoms with E-state index in [0.29, 0.717) is 31.4 Å². The fourth-order valence-electron chi connectivity index (χ4n) is 4.49. The summed E-state index contributed by atoms with van der Waals surface area (Å²) in [5.74, 6) is -0.382. The lowest BCUT2D eigenvalue weighted by atomic mass is 9.95. The van der Waals surface area contributed by atoms with E-state index >= 15 is 0 Å². The summed E-state index contributed by atoms with van der Waals surface area (Å²) in [7, 11) is 0. The smallest absolute Gasteiger partial charge is 0.338 e. The van der Waals surface area contributed by atoms with Crippen LogP contribution in [-0.2, 0) is 16.1 Å². The number of aryl methyl sites for hydroxylation is 1. The van der Waals surface area contributed by atoms with Crippen molar-refractivity contribution in [3.8, 4) is 5.75 Å². The van der Waals surface area contributed by atoms with Crippen LogP contribution < -0.4 is 19.6 Å². The molecule has 6 nitrogen and oxygen atoms in total. The van der Waals surface area contributed by atoms with E-state index in [-0.39, 0.29) is 24.3 Å². The molecule has 2 heterocycles. The van der Waals surface area contributed by atoms with Crippen LogP contribution in [0.25, 0.3) is 6.08 Å². The zero-order chi connectivity index (χ0) is 28.4. The quantitative estimate of drug-likeness (QED) is 0.273. The van der Waals surface area contributed by atoms with Gasteiger partial charge in [0.25, 0.3) is 5.56 Å². The topological polar surface area (TPSA) is 69.9 Å². The second kappa shape index (κ2) is 11.6. The highest BCUT2D eigenvalue weighted by atomic mass is 35.5. The van der Waals surface area contributed by atoms with Crippen molar-refractivity contribution in [3.63, 3.8) is 0 Å². The maximum Gasteiger partial charge on any atom is 0.338 e. The number of aromatic nitrogens is 1. The van der Waals surface area contributed by atoms with E-state index in [1.165, 1.54) is 17.4 Å². The average Bonchev–Trinajstić information content (AvgIpc) is 3.23. The molecule has 1 aliphatic heterocycles. The van der Waals surface area contributed by atoms with Crippen LogP contribution in [-0.4, -0.2) is 17.1 Å². The number of fused-ring (bicyclic) bond motifs is 1. The maximum absolute atomic E-state index is 14.0. The van der Waals surface area contributed by atoms with Gasteiger partial charge in [-0.15, -0.1) is 0 Å². The highest BCUT2D eigenvalue weighted by molar-refractivity contribution is 7.07. The lowest BCUT2D eigenvalue weighted by molar-refractivity contribution is -0.139. The van der Waals surface area contributed by atoms with Gasteiger partial charge < -0.3 is 9.47 Å². The van der Waals surface area contributed by atoms with Gasteiger partial charge in [-0.05, 0) is 62.2 Å². The maximum atomic E-state index is 14.0. The van der Waals surface area contributed by atoms with Gasteiger partial charge in [0.15, 0.2) is 4.80 Å². The number of esters is 1. The van der Waals surface area contributed by atoms with Crippen LogP contribution in [0.5, 0.6) is 5.75 Å². The van der Waals surface area contributed by atoms with Crippen molar-refractivity contribution < 1.29 is 18.7 Å². The zero-order valence-electron chi connectivity index (χ0n) is 22.1. The van der Waals surface area contributed by atoms with Crippen molar-refractivity contribution in [1.82, 2.24) is 4.57 Å². The Morgan fingerprint density at radius 3 is 2.50 bits per heavy atom. The van der Waals surface area contributed by atoms with Gasteiger partial charge in [-0.2, -0.15) is 0 Å². The number of hydrogen-bond acceptors (Lipinski definition) is 6. The van der Waals surface area contributed by atoms with Gasteiger partial charge in [0.2, 0.25) is 0 Å². The lowest BCUT2D eigenvalue weighted by Crippen LogP contribution is -2.39. The fraction of sp³-hybridized carbons (Fsp3) is 0.194. The van der Waals surface area contributed by atoms with Crippen LogP contribution in [0.15, 0.2) is 87.8 Å². The minimum atomic E-state index is -0.654. The van der Waals surface area contributed by atoms with Gasteiger partial charge >= 0.3 is 5.97 Å². The molecule has 40 heavy (non-hydrogen) atoms. The summed E-state index contributed by atoms with van der Waals surface area (Å²) in [5, 5.41) is 0.303. The van der Waals surface area contributed by atoms with Crippen molar-refractivity contribution >= 4 is 35.0 Å². The molecule has 3 aromatic carbocycles. The molecule has 0 spiro atoms. The number of allylic oxidation sites excluding steroid dienone is 1. The summed E-state index contributed by atoms with van der Waals surface area (Å²) >= 11 is 7.34. The fourth-order valence-corrected chi connectivity index (χ4v) is 5.76. The predicted octanol–water partition coefficient (Wildman–Crippen LogP) is 5.48. The molecule has 0 N–H and O–H groups in total. The number of halogens is 2. The molecular formula is C31H26ClFN2O4S. The first-order chi connectivity index (χ1) is 19.3. The Kier molecular flexibility index (Phi) is 8.00. The average molecular weight is 577 g/mol. The van der Waals surface area contributed by atoms with Crippen LogP contribution in [0.2, 0.25) is 5.02 Å². The molecule has 1 aromatic heterocycles. The van der Waals surface area contributed by atoms with E-state index in [0.717, 1.165) is 16.7 Å². The zero-order valence-corrected chi connectivity index (χ0v) is 23.7. The number of carbonyl (C=O) groups excluding carboxylic acids is 1. The van der Waals surface area contributed by atoms with Gasteiger partial charge in [0.1, 0.15) is 18.2 Å². The molecule has 9 heteroatoms. The van der Waals surface area contributed by atoms with E-state index < -0.39 is 17.8 Å². The van der Waals surface area contributed by atoms with Crippen LogP contribution in [0.1, 0.15) is 42.1 Å². The molecule has 0 saturated carbocycles. The van der Waals surface area contributed by atoms with Crippen LogP contribution >= 0.6 is 22.9 Å². The molecule has 4 aromatic rings. The molecule has 1 atom stereocenters. The predicted molar refractivity (Wildman–Crippen MR) is 154 cm³/mol. The summed E-state index contributed by atoms with van der Waals surface area (Å²) in [6.45, 7) is 5.69. The minimum Gasteiger partial charge on any atom is -0.489 e. The third-order valence-electron chi connectivity index (χ3n) is 6.53. The SMILES string of the molecule is CCOC(=O)C1=C(C)N=c2s/c(=C/c3ccc(OCc4c(F)cccc4Cl)cc3)c(=O)n2[C@@H]1c1ccc(C)cc1. The molecule has 204 valence electrons. The van der Waals surface area contributed by atoms with E-state index in [1.807, 2.05) is 43.3 Å². The van der Waals surface area contributed by atoms with E-state index in [4.69, 9.17) is 21.1 Å². The lowest BCUT2D eigenvalue weighted by Gasteiger charge is -2.24. The third-order valence-corrected chi connectivity index (χ3v) is 7.87. The highest BCUT2D eigenvalue weighted by Crippen LogP contribution is 2.31. The second-order valence-electron chi connectivity index (χ2n) is 9.27. The number of nitrogens with zero attached hydrogens (tertiary/aromatic N) is 2. The summed E-state index contributed by atoms with van der Waals surface area (Å²) in [6.07, 6.45) is 1.77. The molecule has 0 fully saturated rings. The Hall–Kier alpha value is -4.01. The first kappa shape index (κ1) is 27.6. The Bertz CT molecular complexity index is 1770. The molecule has 1 aliphatic rings. The number of ether oxygens (including phenoxy) is 2. The third kappa shape index (κ3) is 5.50. The number of rotatable bonds is 7. The molecule has 0 unspecified atom stereocenters. The Balaban J connectivity index is 1.49. The first-order valence-electron chi connectivity index (χ1n) is 12.7. The van der Waals surface area contributed by atoms with E-state index in [1.54, 1.807) is 48.8 Å². The molecule has 0 saturated heterocycles.